The van der Waals surface area contributed by atoms with Crippen LogP contribution in [0.2, 0.25) is 0 Å². The van der Waals surface area contributed by atoms with Crippen LogP contribution < -0.4 is 4.74 Å². The van der Waals surface area contributed by atoms with Crippen LogP contribution in [0.4, 0.5) is 0 Å². The Balaban J connectivity index is 1.65. The highest BCUT2D eigenvalue weighted by molar-refractivity contribution is 5.37. The summed E-state index contributed by atoms with van der Waals surface area (Å²) in [6.45, 7) is 0.202. The minimum absolute atomic E-state index is 0.110. The fourth-order valence-corrected chi connectivity index (χ4v) is 1.54. The van der Waals surface area contributed by atoms with Gasteiger partial charge in [0.15, 0.2) is 18.1 Å². The van der Waals surface area contributed by atoms with Gasteiger partial charge in [-0.05, 0) is 25.0 Å². The fraction of sp³-hybridized carbons (Fsp3) is 0.333. The lowest BCUT2D eigenvalue weighted by Crippen LogP contribution is -1.97. The second-order valence-electron chi connectivity index (χ2n) is 4.08. The number of para-hydroxylation sites is 2. The predicted octanol–water partition coefficient (Wildman–Crippen LogP) is 2.23. The summed E-state index contributed by atoms with van der Waals surface area (Å²) in [5.41, 5.74) is 0. The van der Waals surface area contributed by atoms with E-state index in [9.17, 15) is 5.11 Å². The first-order chi connectivity index (χ1) is 8.33. The lowest BCUT2D eigenvalue weighted by Gasteiger charge is -2.04. The summed E-state index contributed by atoms with van der Waals surface area (Å²) >= 11 is 0. The van der Waals surface area contributed by atoms with Gasteiger partial charge in [0, 0.05) is 5.92 Å². The van der Waals surface area contributed by atoms with E-state index in [1.165, 1.54) is 0 Å². The Bertz CT molecular complexity index is 520. The van der Waals surface area contributed by atoms with Crippen molar-refractivity contribution in [2.75, 3.05) is 0 Å². The van der Waals surface area contributed by atoms with Crippen LogP contribution in [0.3, 0.4) is 0 Å². The molecule has 0 spiro atoms. The summed E-state index contributed by atoms with van der Waals surface area (Å²) in [5, 5.41) is 13.3. The predicted molar refractivity (Wildman–Crippen MR) is 58.7 cm³/mol. The molecule has 0 radical (unpaired) electrons. The zero-order chi connectivity index (χ0) is 11.7. The summed E-state index contributed by atoms with van der Waals surface area (Å²) in [4.78, 5) is 4.23. The molecule has 0 bridgehead atoms. The van der Waals surface area contributed by atoms with E-state index < -0.39 is 0 Å². The molecule has 1 aliphatic carbocycles. The molecule has 5 heteroatoms. The smallest absolute Gasteiger partial charge is 0.229 e. The van der Waals surface area contributed by atoms with Crippen molar-refractivity contribution in [3.05, 3.63) is 36.0 Å². The summed E-state index contributed by atoms with van der Waals surface area (Å²) in [7, 11) is 0. The molecule has 1 heterocycles. The number of rotatable bonds is 4. The second kappa shape index (κ2) is 4.08. The van der Waals surface area contributed by atoms with Gasteiger partial charge in [0.25, 0.3) is 0 Å². The van der Waals surface area contributed by atoms with Crippen molar-refractivity contribution < 1.29 is 14.4 Å². The van der Waals surface area contributed by atoms with Crippen LogP contribution in [0.25, 0.3) is 0 Å². The quantitative estimate of drug-likeness (QED) is 0.875. The Labute approximate surface area is 98.0 Å². The van der Waals surface area contributed by atoms with Crippen LogP contribution in [-0.4, -0.2) is 15.2 Å². The van der Waals surface area contributed by atoms with Gasteiger partial charge in [-0.3, -0.25) is 0 Å². The molecule has 0 aliphatic heterocycles. The van der Waals surface area contributed by atoms with Gasteiger partial charge in [-0.25, -0.2) is 0 Å². The molecule has 1 aromatic carbocycles. The second-order valence-corrected chi connectivity index (χ2v) is 4.08. The van der Waals surface area contributed by atoms with Crippen LogP contribution in [0.5, 0.6) is 11.5 Å². The maximum absolute atomic E-state index is 9.50. The van der Waals surface area contributed by atoms with Gasteiger partial charge in [-0.1, -0.05) is 17.3 Å². The molecule has 0 atom stereocenters. The van der Waals surface area contributed by atoms with Gasteiger partial charge in [-0.15, -0.1) is 0 Å². The van der Waals surface area contributed by atoms with E-state index in [1.54, 1.807) is 24.3 Å². The number of phenols is 1. The SMILES string of the molecule is Oc1ccccc1OCc1noc(C2CC2)n1. The van der Waals surface area contributed by atoms with E-state index in [0.717, 1.165) is 12.8 Å². The third-order valence-electron chi connectivity index (χ3n) is 2.63. The molecule has 1 aliphatic rings. The summed E-state index contributed by atoms with van der Waals surface area (Å²) in [5.74, 6) is 2.18. The highest BCUT2D eigenvalue weighted by atomic mass is 16.5. The van der Waals surface area contributed by atoms with Gasteiger partial charge in [0.2, 0.25) is 11.7 Å². The van der Waals surface area contributed by atoms with Crippen molar-refractivity contribution in [1.29, 1.82) is 0 Å². The first-order valence-electron chi connectivity index (χ1n) is 5.56. The highest BCUT2D eigenvalue weighted by Crippen LogP contribution is 2.38. The Hall–Kier alpha value is -2.04. The molecule has 3 rings (SSSR count). The molecule has 1 aromatic heterocycles. The van der Waals surface area contributed by atoms with Crippen molar-refractivity contribution in [2.24, 2.45) is 0 Å². The lowest BCUT2D eigenvalue weighted by atomic mass is 10.3. The Kier molecular flexibility index (Phi) is 2.44. The lowest BCUT2D eigenvalue weighted by molar-refractivity contribution is 0.272. The van der Waals surface area contributed by atoms with E-state index >= 15 is 0 Å². The topological polar surface area (TPSA) is 68.4 Å². The van der Waals surface area contributed by atoms with E-state index in [-0.39, 0.29) is 12.4 Å². The molecule has 17 heavy (non-hydrogen) atoms. The van der Waals surface area contributed by atoms with E-state index in [4.69, 9.17) is 9.26 Å². The van der Waals surface area contributed by atoms with Crippen LogP contribution in [0, 0.1) is 0 Å². The molecule has 0 amide bonds. The minimum atomic E-state index is 0.110. The van der Waals surface area contributed by atoms with Crippen molar-refractivity contribution in [2.45, 2.75) is 25.4 Å². The molecule has 1 saturated carbocycles. The maximum atomic E-state index is 9.50. The molecule has 1 fully saturated rings. The number of phenolic OH excluding ortho intramolecular Hbond substituents is 1. The number of hydrogen-bond acceptors (Lipinski definition) is 5. The van der Waals surface area contributed by atoms with Gasteiger partial charge >= 0.3 is 0 Å². The number of nitrogens with zero attached hydrogens (tertiary/aromatic N) is 2. The molecule has 0 unspecified atom stereocenters. The normalized spacial score (nSPS) is 14.8. The molecular weight excluding hydrogens is 220 g/mol. The Morgan fingerprint density at radius 3 is 2.94 bits per heavy atom. The van der Waals surface area contributed by atoms with Crippen molar-refractivity contribution in [3.63, 3.8) is 0 Å². The largest absolute Gasteiger partial charge is 0.504 e. The molecule has 0 saturated heterocycles. The van der Waals surface area contributed by atoms with Gasteiger partial charge in [0.1, 0.15) is 0 Å². The van der Waals surface area contributed by atoms with Crippen molar-refractivity contribution >= 4 is 0 Å². The zero-order valence-electron chi connectivity index (χ0n) is 9.17. The zero-order valence-corrected chi connectivity index (χ0v) is 9.17. The minimum Gasteiger partial charge on any atom is -0.504 e. The van der Waals surface area contributed by atoms with E-state index in [1.807, 2.05) is 0 Å². The number of benzene rings is 1. The van der Waals surface area contributed by atoms with Gasteiger partial charge in [-0.2, -0.15) is 4.98 Å². The molecule has 88 valence electrons. The average molecular weight is 232 g/mol. The van der Waals surface area contributed by atoms with Crippen LogP contribution >= 0.6 is 0 Å². The summed E-state index contributed by atoms with van der Waals surface area (Å²) in [6.07, 6.45) is 2.25. The van der Waals surface area contributed by atoms with Crippen molar-refractivity contribution in [1.82, 2.24) is 10.1 Å². The number of aromatic hydroxyl groups is 1. The number of ether oxygens (including phenoxy) is 1. The van der Waals surface area contributed by atoms with Crippen LogP contribution in [-0.2, 0) is 6.61 Å². The Morgan fingerprint density at radius 1 is 1.35 bits per heavy atom. The molecular formula is C12H12N2O3. The van der Waals surface area contributed by atoms with E-state index in [2.05, 4.69) is 10.1 Å². The number of hydrogen-bond donors (Lipinski definition) is 1. The van der Waals surface area contributed by atoms with Crippen LogP contribution in [0.15, 0.2) is 28.8 Å². The van der Waals surface area contributed by atoms with Crippen molar-refractivity contribution in [3.8, 4) is 11.5 Å². The molecule has 1 N–H and O–H groups in total. The summed E-state index contributed by atoms with van der Waals surface area (Å²) in [6, 6.07) is 6.79. The molecule has 2 aromatic rings. The van der Waals surface area contributed by atoms with Gasteiger partial charge < -0.3 is 14.4 Å². The monoisotopic (exact) mass is 232 g/mol. The first-order valence-corrected chi connectivity index (χ1v) is 5.56. The average Bonchev–Trinajstić information content (AvgIpc) is 3.08. The highest BCUT2D eigenvalue weighted by Gasteiger charge is 2.29. The molecule has 5 nitrogen and oxygen atoms in total. The third-order valence-corrected chi connectivity index (χ3v) is 2.63. The maximum Gasteiger partial charge on any atom is 0.229 e. The standard InChI is InChI=1S/C12H12N2O3/c15-9-3-1-2-4-10(9)16-7-11-13-12(17-14-11)8-5-6-8/h1-4,8,15H,5-7H2. The third kappa shape index (κ3) is 2.22. The number of aromatic nitrogens is 2. The Morgan fingerprint density at radius 2 is 2.18 bits per heavy atom. The van der Waals surface area contributed by atoms with E-state index in [0.29, 0.717) is 23.4 Å². The summed E-state index contributed by atoms with van der Waals surface area (Å²) < 4.78 is 10.5. The van der Waals surface area contributed by atoms with Crippen LogP contribution in [0.1, 0.15) is 30.5 Å². The van der Waals surface area contributed by atoms with Gasteiger partial charge in [0.05, 0.1) is 0 Å². The first kappa shape index (κ1) is 10.1. The fourth-order valence-electron chi connectivity index (χ4n) is 1.54.